The molecule has 0 amide bonds. The van der Waals surface area contributed by atoms with Gasteiger partial charge in [0.2, 0.25) is 0 Å². The van der Waals surface area contributed by atoms with E-state index in [0.717, 1.165) is 18.0 Å². The van der Waals surface area contributed by atoms with Gasteiger partial charge in [-0.1, -0.05) is 0 Å². The van der Waals surface area contributed by atoms with Crippen LogP contribution in [0.2, 0.25) is 0 Å². The van der Waals surface area contributed by atoms with Crippen molar-refractivity contribution in [2.24, 2.45) is 5.92 Å². The van der Waals surface area contributed by atoms with Gasteiger partial charge in [-0.3, -0.25) is 4.90 Å². The van der Waals surface area contributed by atoms with Crippen molar-refractivity contribution in [3.05, 3.63) is 18.2 Å². The van der Waals surface area contributed by atoms with Gasteiger partial charge in [0, 0.05) is 18.3 Å². The molecule has 1 atom stereocenters. The monoisotopic (exact) mass is 248 g/mol. The second-order valence-electron chi connectivity index (χ2n) is 5.20. The van der Waals surface area contributed by atoms with Crippen LogP contribution in [0.15, 0.2) is 18.2 Å². The molecule has 0 spiro atoms. The van der Waals surface area contributed by atoms with Gasteiger partial charge in [-0.15, -0.1) is 0 Å². The first-order valence-electron chi connectivity index (χ1n) is 6.59. The molecule has 2 bridgehead atoms. The van der Waals surface area contributed by atoms with Crippen LogP contribution in [0.4, 0.5) is 5.69 Å². The highest BCUT2D eigenvalue weighted by atomic mass is 16.5. The van der Waals surface area contributed by atoms with Crippen LogP contribution in [0.25, 0.3) is 0 Å². The molecule has 0 aromatic heterocycles. The molecule has 0 radical (unpaired) electrons. The van der Waals surface area contributed by atoms with E-state index in [0.29, 0.717) is 11.6 Å². The normalized spacial score (nSPS) is 30.2. The van der Waals surface area contributed by atoms with Gasteiger partial charge in [0.1, 0.15) is 6.10 Å². The molecule has 4 heteroatoms. The Labute approximate surface area is 108 Å². The molecular weight excluding hydrogens is 228 g/mol. The number of fused-ring (bicyclic) bond motifs is 3. The number of rotatable bonds is 3. The Morgan fingerprint density at radius 3 is 2.61 bits per heavy atom. The summed E-state index contributed by atoms with van der Waals surface area (Å²) in [7, 11) is 1.66. The smallest absolute Gasteiger partial charge is 0.163 e. The molecule has 1 aromatic carbocycles. The third kappa shape index (κ3) is 2.12. The van der Waals surface area contributed by atoms with Crippen LogP contribution in [0.5, 0.6) is 11.5 Å². The minimum absolute atomic E-state index is 0.281. The van der Waals surface area contributed by atoms with Crippen LogP contribution in [0.3, 0.4) is 0 Å². The van der Waals surface area contributed by atoms with Gasteiger partial charge in [0.15, 0.2) is 11.5 Å². The maximum atomic E-state index is 6.15. The lowest BCUT2D eigenvalue weighted by molar-refractivity contribution is -0.00880. The van der Waals surface area contributed by atoms with Crippen LogP contribution >= 0.6 is 0 Å². The number of nitrogens with two attached hydrogens (primary N) is 1. The van der Waals surface area contributed by atoms with E-state index in [9.17, 15) is 0 Å². The van der Waals surface area contributed by atoms with Crippen molar-refractivity contribution >= 4 is 5.69 Å². The minimum Gasteiger partial charge on any atom is -0.493 e. The average molecular weight is 248 g/mol. The lowest BCUT2D eigenvalue weighted by Gasteiger charge is -2.44. The van der Waals surface area contributed by atoms with E-state index >= 15 is 0 Å². The predicted molar refractivity (Wildman–Crippen MR) is 71.0 cm³/mol. The first-order valence-corrected chi connectivity index (χ1v) is 6.59. The zero-order valence-electron chi connectivity index (χ0n) is 10.8. The van der Waals surface area contributed by atoms with Crippen LogP contribution in [-0.4, -0.2) is 37.7 Å². The summed E-state index contributed by atoms with van der Waals surface area (Å²) in [6.07, 6.45) is 2.77. The summed E-state index contributed by atoms with van der Waals surface area (Å²) in [5, 5.41) is 0. The highest BCUT2D eigenvalue weighted by Gasteiger charge is 2.35. The summed E-state index contributed by atoms with van der Waals surface area (Å²) in [5.74, 6) is 2.22. The summed E-state index contributed by atoms with van der Waals surface area (Å²) < 4.78 is 11.5. The van der Waals surface area contributed by atoms with Crippen molar-refractivity contribution < 1.29 is 9.47 Å². The average Bonchev–Trinajstić information content (AvgIpc) is 2.40. The molecule has 4 nitrogen and oxygen atoms in total. The van der Waals surface area contributed by atoms with Gasteiger partial charge in [-0.2, -0.15) is 0 Å². The number of ether oxygens (including phenoxy) is 2. The van der Waals surface area contributed by atoms with Crippen molar-refractivity contribution in [3.63, 3.8) is 0 Å². The molecule has 3 heterocycles. The standard InChI is InChI=1S/C14H20N2O2/c1-17-12-3-2-11(15)8-13(12)18-14-9-16-6-4-10(14)5-7-16/h2-3,8,10,14H,4-7,9,15H2,1H3. The molecule has 3 aliphatic heterocycles. The second kappa shape index (κ2) is 4.69. The molecule has 4 rings (SSSR count). The van der Waals surface area contributed by atoms with E-state index in [-0.39, 0.29) is 6.10 Å². The highest BCUT2D eigenvalue weighted by molar-refractivity contribution is 5.52. The molecule has 98 valence electrons. The van der Waals surface area contributed by atoms with Gasteiger partial charge in [0.25, 0.3) is 0 Å². The number of anilines is 1. The third-order valence-corrected chi connectivity index (χ3v) is 4.06. The first kappa shape index (κ1) is 11.7. The maximum absolute atomic E-state index is 6.15. The Kier molecular flexibility index (Phi) is 3.04. The van der Waals surface area contributed by atoms with E-state index in [1.165, 1.54) is 25.9 Å². The zero-order valence-corrected chi connectivity index (χ0v) is 10.8. The zero-order chi connectivity index (χ0) is 12.5. The van der Waals surface area contributed by atoms with Crippen molar-refractivity contribution in [2.75, 3.05) is 32.5 Å². The van der Waals surface area contributed by atoms with Crippen LogP contribution in [0.1, 0.15) is 12.8 Å². The Morgan fingerprint density at radius 2 is 2.00 bits per heavy atom. The second-order valence-corrected chi connectivity index (χ2v) is 5.20. The van der Waals surface area contributed by atoms with Gasteiger partial charge in [-0.25, -0.2) is 0 Å². The fourth-order valence-corrected chi connectivity index (χ4v) is 2.99. The summed E-state index contributed by atoms with van der Waals surface area (Å²) in [6, 6.07) is 5.56. The number of piperidine rings is 3. The minimum atomic E-state index is 0.281. The van der Waals surface area contributed by atoms with E-state index in [1.54, 1.807) is 7.11 Å². The SMILES string of the molecule is COc1ccc(N)cc1OC1CN2CCC1CC2. The number of methoxy groups -OCH3 is 1. The Hall–Kier alpha value is -1.42. The van der Waals surface area contributed by atoms with Crippen molar-refractivity contribution in [2.45, 2.75) is 18.9 Å². The number of hydrogen-bond donors (Lipinski definition) is 1. The largest absolute Gasteiger partial charge is 0.493 e. The fraction of sp³-hybridized carbons (Fsp3) is 0.571. The number of nitrogen functional groups attached to an aromatic ring is 1. The van der Waals surface area contributed by atoms with Crippen molar-refractivity contribution in [1.29, 1.82) is 0 Å². The molecule has 1 aromatic rings. The van der Waals surface area contributed by atoms with E-state index in [2.05, 4.69) is 4.90 Å². The molecular formula is C14H20N2O2. The van der Waals surface area contributed by atoms with Crippen LogP contribution in [-0.2, 0) is 0 Å². The molecule has 3 saturated heterocycles. The Balaban J connectivity index is 1.78. The van der Waals surface area contributed by atoms with Gasteiger partial charge < -0.3 is 15.2 Å². The molecule has 3 fully saturated rings. The molecule has 2 N–H and O–H groups in total. The number of nitrogens with zero attached hydrogens (tertiary/aromatic N) is 1. The lowest BCUT2D eigenvalue weighted by Crippen LogP contribution is -2.52. The van der Waals surface area contributed by atoms with E-state index < -0.39 is 0 Å². The maximum Gasteiger partial charge on any atom is 0.163 e. The van der Waals surface area contributed by atoms with Crippen LogP contribution < -0.4 is 15.2 Å². The summed E-state index contributed by atoms with van der Waals surface area (Å²) in [4.78, 5) is 2.48. The number of hydrogen-bond acceptors (Lipinski definition) is 4. The van der Waals surface area contributed by atoms with Crippen molar-refractivity contribution in [1.82, 2.24) is 4.90 Å². The quantitative estimate of drug-likeness (QED) is 0.828. The topological polar surface area (TPSA) is 47.7 Å². The summed E-state index contributed by atoms with van der Waals surface area (Å²) in [5.41, 5.74) is 6.53. The first-order chi connectivity index (χ1) is 8.76. The highest BCUT2D eigenvalue weighted by Crippen LogP contribution is 2.35. The van der Waals surface area contributed by atoms with E-state index in [1.807, 2.05) is 18.2 Å². The van der Waals surface area contributed by atoms with Gasteiger partial charge >= 0.3 is 0 Å². The van der Waals surface area contributed by atoms with Gasteiger partial charge in [-0.05, 0) is 44.0 Å². The summed E-state index contributed by atoms with van der Waals surface area (Å²) >= 11 is 0. The van der Waals surface area contributed by atoms with Gasteiger partial charge in [0.05, 0.1) is 7.11 Å². The molecule has 18 heavy (non-hydrogen) atoms. The fourth-order valence-electron chi connectivity index (χ4n) is 2.99. The lowest BCUT2D eigenvalue weighted by atomic mass is 9.86. The molecule has 0 aliphatic carbocycles. The van der Waals surface area contributed by atoms with Crippen molar-refractivity contribution in [3.8, 4) is 11.5 Å². The van der Waals surface area contributed by atoms with Crippen LogP contribution in [0, 0.1) is 5.92 Å². The Bertz CT molecular complexity index is 428. The molecule has 1 unspecified atom stereocenters. The summed E-state index contributed by atoms with van der Waals surface area (Å²) in [6.45, 7) is 3.47. The third-order valence-electron chi connectivity index (χ3n) is 4.06. The number of benzene rings is 1. The molecule has 0 saturated carbocycles. The van der Waals surface area contributed by atoms with E-state index in [4.69, 9.17) is 15.2 Å². The predicted octanol–water partition coefficient (Wildman–Crippen LogP) is 1.75. The Morgan fingerprint density at radius 1 is 1.22 bits per heavy atom. The molecule has 3 aliphatic rings.